The minimum Gasteiger partial charge on any atom is -0.368 e. The average Bonchev–Trinajstić information content (AvgIpc) is 2.60. The summed E-state index contributed by atoms with van der Waals surface area (Å²) in [4.78, 5) is 12.2. The van der Waals surface area contributed by atoms with Crippen LogP contribution >= 0.6 is 0 Å². The molecule has 0 aromatic heterocycles. The quantitative estimate of drug-likeness (QED) is 0.892. The lowest BCUT2D eigenvalue weighted by Gasteiger charge is -2.23. The highest BCUT2D eigenvalue weighted by Crippen LogP contribution is 2.23. The highest BCUT2D eigenvalue weighted by molar-refractivity contribution is 5.87. The fourth-order valence-corrected chi connectivity index (χ4v) is 3.14. The first-order chi connectivity index (χ1) is 11.2. The molecule has 0 saturated carbocycles. The molecule has 2 aromatic rings. The SMILES string of the molecule is CC(NC(=O)COC1CCNCC1)c1cccc2ccccc12. The molecule has 1 unspecified atom stereocenters. The number of hydrogen-bond donors (Lipinski definition) is 2. The fraction of sp³-hybridized carbons (Fsp3) is 0.421. The Kier molecular flexibility index (Phi) is 5.26. The standard InChI is InChI=1S/C19H24N2O2/c1-14(17-8-4-6-15-5-2-3-7-18(15)17)21-19(22)13-23-16-9-11-20-12-10-16/h2-8,14,16,20H,9-13H2,1H3,(H,21,22). The van der Waals surface area contributed by atoms with E-state index in [0.717, 1.165) is 31.5 Å². The lowest BCUT2D eigenvalue weighted by atomic mass is 10.00. The van der Waals surface area contributed by atoms with Crippen molar-refractivity contribution in [3.63, 3.8) is 0 Å². The van der Waals surface area contributed by atoms with E-state index in [0.29, 0.717) is 0 Å². The molecule has 1 heterocycles. The van der Waals surface area contributed by atoms with Gasteiger partial charge in [-0.25, -0.2) is 0 Å². The van der Waals surface area contributed by atoms with Crippen molar-refractivity contribution in [2.75, 3.05) is 19.7 Å². The van der Waals surface area contributed by atoms with E-state index >= 15 is 0 Å². The van der Waals surface area contributed by atoms with Crippen LogP contribution in [0.15, 0.2) is 42.5 Å². The van der Waals surface area contributed by atoms with Crippen molar-refractivity contribution in [2.24, 2.45) is 0 Å². The third-order valence-electron chi connectivity index (χ3n) is 4.40. The third kappa shape index (κ3) is 4.09. The molecule has 3 rings (SSSR count). The monoisotopic (exact) mass is 312 g/mol. The van der Waals surface area contributed by atoms with Crippen LogP contribution in [0, 0.1) is 0 Å². The van der Waals surface area contributed by atoms with Gasteiger partial charge in [-0.1, -0.05) is 42.5 Å². The number of nitrogens with one attached hydrogen (secondary N) is 2. The molecule has 0 bridgehead atoms. The molecule has 4 heteroatoms. The third-order valence-corrected chi connectivity index (χ3v) is 4.40. The van der Waals surface area contributed by atoms with Gasteiger partial charge in [0.1, 0.15) is 6.61 Å². The Morgan fingerprint density at radius 3 is 2.78 bits per heavy atom. The number of fused-ring (bicyclic) bond motifs is 1. The summed E-state index contributed by atoms with van der Waals surface area (Å²) in [6, 6.07) is 14.4. The van der Waals surface area contributed by atoms with Crippen LogP contribution in [-0.4, -0.2) is 31.7 Å². The van der Waals surface area contributed by atoms with E-state index in [-0.39, 0.29) is 24.7 Å². The van der Waals surface area contributed by atoms with E-state index in [9.17, 15) is 4.79 Å². The summed E-state index contributed by atoms with van der Waals surface area (Å²) in [5.41, 5.74) is 1.14. The number of benzene rings is 2. The molecule has 0 radical (unpaired) electrons. The second-order valence-corrected chi connectivity index (χ2v) is 6.12. The first-order valence-corrected chi connectivity index (χ1v) is 8.33. The molecular weight excluding hydrogens is 288 g/mol. The van der Waals surface area contributed by atoms with E-state index in [2.05, 4.69) is 34.9 Å². The van der Waals surface area contributed by atoms with Gasteiger partial charge in [0.25, 0.3) is 0 Å². The van der Waals surface area contributed by atoms with Gasteiger partial charge < -0.3 is 15.4 Å². The summed E-state index contributed by atoms with van der Waals surface area (Å²) >= 11 is 0. The molecule has 122 valence electrons. The molecule has 0 spiro atoms. The van der Waals surface area contributed by atoms with Gasteiger partial charge >= 0.3 is 0 Å². The number of ether oxygens (including phenoxy) is 1. The van der Waals surface area contributed by atoms with Gasteiger partial charge in [-0.15, -0.1) is 0 Å². The number of piperidine rings is 1. The number of amides is 1. The van der Waals surface area contributed by atoms with Crippen LogP contribution in [0.25, 0.3) is 10.8 Å². The van der Waals surface area contributed by atoms with E-state index in [1.54, 1.807) is 0 Å². The topological polar surface area (TPSA) is 50.4 Å². The molecule has 23 heavy (non-hydrogen) atoms. The highest BCUT2D eigenvalue weighted by Gasteiger charge is 2.16. The van der Waals surface area contributed by atoms with E-state index in [1.165, 1.54) is 10.8 Å². The summed E-state index contributed by atoms with van der Waals surface area (Å²) in [6.07, 6.45) is 2.16. The molecule has 1 amide bonds. The molecule has 2 N–H and O–H groups in total. The van der Waals surface area contributed by atoms with Crippen LogP contribution in [-0.2, 0) is 9.53 Å². The van der Waals surface area contributed by atoms with Crippen molar-refractivity contribution < 1.29 is 9.53 Å². The zero-order valence-electron chi connectivity index (χ0n) is 13.5. The number of carbonyl (C=O) groups excluding carboxylic acids is 1. The number of carbonyl (C=O) groups is 1. The maximum absolute atomic E-state index is 12.2. The Hall–Kier alpha value is -1.91. The van der Waals surface area contributed by atoms with Crippen LogP contribution < -0.4 is 10.6 Å². The zero-order chi connectivity index (χ0) is 16.1. The first kappa shape index (κ1) is 16.0. The lowest BCUT2D eigenvalue weighted by Crippen LogP contribution is -2.36. The minimum atomic E-state index is -0.0519. The van der Waals surface area contributed by atoms with Crippen molar-refractivity contribution >= 4 is 16.7 Å². The normalized spacial score (nSPS) is 17.1. The lowest BCUT2D eigenvalue weighted by molar-refractivity contribution is -0.128. The average molecular weight is 312 g/mol. The summed E-state index contributed by atoms with van der Waals surface area (Å²) in [6.45, 7) is 4.10. The summed E-state index contributed by atoms with van der Waals surface area (Å²) in [7, 11) is 0. The van der Waals surface area contributed by atoms with Crippen LogP contribution in [0.2, 0.25) is 0 Å². The van der Waals surface area contributed by atoms with E-state index in [1.807, 2.05) is 25.1 Å². The predicted molar refractivity (Wildman–Crippen MR) is 92.3 cm³/mol. The smallest absolute Gasteiger partial charge is 0.246 e. The highest BCUT2D eigenvalue weighted by atomic mass is 16.5. The molecule has 1 aliphatic rings. The van der Waals surface area contributed by atoms with Crippen LogP contribution in [0.5, 0.6) is 0 Å². The molecule has 2 aromatic carbocycles. The number of rotatable bonds is 5. The molecule has 1 fully saturated rings. The zero-order valence-corrected chi connectivity index (χ0v) is 13.5. The van der Waals surface area contributed by atoms with Gasteiger partial charge in [0.05, 0.1) is 12.1 Å². The first-order valence-electron chi connectivity index (χ1n) is 8.33. The Balaban J connectivity index is 1.59. The predicted octanol–water partition coefficient (Wildman–Crippen LogP) is 2.79. The molecular formula is C19H24N2O2. The van der Waals surface area contributed by atoms with Crippen LogP contribution in [0.4, 0.5) is 0 Å². The minimum absolute atomic E-state index is 0.0368. The Morgan fingerprint density at radius 1 is 1.22 bits per heavy atom. The fourth-order valence-electron chi connectivity index (χ4n) is 3.14. The van der Waals surface area contributed by atoms with Crippen molar-refractivity contribution in [3.8, 4) is 0 Å². The van der Waals surface area contributed by atoms with Gasteiger partial charge in [-0.05, 0) is 49.2 Å². The van der Waals surface area contributed by atoms with Gasteiger partial charge in [0, 0.05) is 0 Å². The van der Waals surface area contributed by atoms with Crippen molar-refractivity contribution in [1.29, 1.82) is 0 Å². The van der Waals surface area contributed by atoms with Crippen LogP contribution in [0.1, 0.15) is 31.4 Å². The molecule has 1 saturated heterocycles. The van der Waals surface area contributed by atoms with Gasteiger partial charge in [0.15, 0.2) is 0 Å². The van der Waals surface area contributed by atoms with E-state index in [4.69, 9.17) is 4.74 Å². The Morgan fingerprint density at radius 2 is 1.96 bits per heavy atom. The van der Waals surface area contributed by atoms with E-state index < -0.39 is 0 Å². The summed E-state index contributed by atoms with van der Waals surface area (Å²) in [5.74, 6) is -0.0519. The number of hydrogen-bond acceptors (Lipinski definition) is 3. The molecule has 0 aliphatic carbocycles. The summed E-state index contributed by atoms with van der Waals surface area (Å²) in [5, 5.41) is 8.72. The molecule has 1 atom stereocenters. The largest absolute Gasteiger partial charge is 0.368 e. The Labute approximate surface area is 137 Å². The molecule has 4 nitrogen and oxygen atoms in total. The maximum Gasteiger partial charge on any atom is 0.246 e. The van der Waals surface area contributed by atoms with Gasteiger partial charge in [0.2, 0.25) is 5.91 Å². The van der Waals surface area contributed by atoms with Gasteiger partial charge in [-0.2, -0.15) is 0 Å². The molecule has 1 aliphatic heterocycles. The summed E-state index contributed by atoms with van der Waals surface area (Å²) < 4.78 is 5.72. The van der Waals surface area contributed by atoms with Crippen molar-refractivity contribution in [3.05, 3.63) is 48.0 Å². The van der Waals surface area contributed by atoms with Crippen molar-refractivity contribution in [2.45, 2.75) is 31.9 Å². The Bertz CT molecular complexity index is 660. The van der Waals surface area contributed by atoms with Gasteiger partial charge in [-0.3, -0.25) is 4.79 Å². The van der Waals surface area contributed by atoms with Crippen molar-refractivity contribution in [1.82, 2.24) is 10.6 Å². The second-order valence-electron chi connectivity index (χ2n) is 6.12. The second kappa shape index (κ2) is 7.57. The maximum atomic E-state index is 12.2. The van der Waals surface area contributed by atoms with Crippen LogP contribution in [0.3, 0.4) is 0 Å².